The van der Waals surface area contributed by atoms with Crippen LogP contribution >= 0.6 is 0 Å². The van der Waals surface area contributed by atoms with Gasteiger partial charge in [0.05, 0.1) is 25.3 Å². The number of methoxy groups -OCH3 is 2. The Bertz CT molecular complexity index is 687. The molecule has 21 heavy (non-hydrogen) atoms. The van der Waals surface area contributed by atoms with Crippen LogP contribution in [-0.2, 0) is 0 Å². The molecule has 0 unspecified atom stereocenters. The van der Waals surface area contributed by atoms with Crippen LogP contribution in [0.1, 0.15) is 32.6 Å². The van der Waals surface area contributed by atoms with Crippen LogP contribution in [0.4, 0.5) is 0 Å². The molecule has 110 valence electrons. The topological polar surface area (TPSA) is 35.5 Å². The molecule has 2 aromatic rings. The van der Waals surface area contributed by atoms with E-state index in [9.17, 15) is 4.79 Å². The van der Waals surface area contributed by atoms with E-state index in [4.69, 9.17) is 9.47 Å². The van der Waals surface area contributed by atoms with Crippen LogP contribution < -0.4 is 9.47 Å². The molecule has 3 heteroatoms. The molecule has 0 aliphatic heterocycles. The molecular formula is C18H20O3. The molecule has 0 aliphatic rings. The number of ether oxygens (including phenoxy) is 2. The smallest absolute Gasteiger partial charge is 0.200 e. The second-order valence-corrected chi connectivity index (χ2v) is 5.12. The summed E-state index contributed by atoms with van der Waals surface area (Å²) in [5.74, 6) is 1.12. The fourth-order valence-corrected chi connectivity index (χ4v) is 2.36. The third-order valence-electron chi connectivity index (χ3n) is 3.73. The Hall–Kier alpha value is -2.29. The van der Waals surface area contributed by atoms with Crippen LogP contribution in [0.25, 0.3) is 0 Å². The third-order valence-corrected chi connectivity index (χ3v) is 3.73. The first-order valence-corrected chi connectivity index (χ1v) is 6.83. The van der Waals surface area contributed by atoms with Gasteiger partial charge in [-0.3, -0.25) is 4.79 Å². The average molecular weight is 284 g/mol. The number of hydrogen-bond acceptors (Lipinski definition) is 3. The van der Waals surface area contributed by atoms with Gasteiger partial charge in [-0.1, -0.05) is 12.1 Å². The van der Waals surface area contributed by atoms with Crippen molar-refractivity contribution in [2.24, 2.45) is 0 Å². The lowest BCUT2D eigenvalue weighted by Crippen LogP contribution is -2.07. The molecule has 0 fully saturated rings. The van der Waals surface area contributed by atoms with Crippen LogP contribution in [0, 0.1) is 20.8 Å². The van der Waals surface area contributed by atoms with Crippen molar-refractivity contribution in [1.82, 2.24) is 0 Å². The Morgan fingerprint density at radius 3 is 2.19 bits per heavy atom. The lowest BCUT2D eigenvalue weighted by molar-refractivity contribution is 0.103. The summed E-state index contributed by atoms with van der Waals surface area (Å²) in [5.41, 5.74) is 4.23. The van der Waals surface area contributed by atoms with E-state index in [-0.39, 0.29) is 5.78 Å². The Morgan fingerprint density at radius 1 is 0.905 bits per heavy atom. The normalized spacial score (nSPS) is 10.3. The maximum atomic E-state index is 12.8. The highest BCUT2D eigenvalue weighted by atomic mass is 16.5. The van der Waals surface area contributed by atoms with E-state index < -0.39 is 0 Å². The van der Waals surface area contributed by atoms with Gasteiger partial charge in [0, 0.05) is 0 Å². The zero-order valence-corrected chi connectivity index (χ0v) is 13.1. The molecule has 0 heterocycles. The number of aryl methyl sites for hydroxylation is 2. The van der Waals surface area contributed by atoms with Crippen molar-refractivity contribution < 1.29 is 14.3 Å². The van der Waals surface area contributed by atoms with Crippen molar-refractivity contribution in [1.29, 1.82) is 0 Å². The first-order chi connectivity index (χ1) is 9.99. The van der Waals surface area contributed by atoms with E-state index in [0.29, 0.717) is 22.6 Å². The zero-order valence-electron chi connectivity index (χ0n) is 13.1. The molecule has 0 radical (unpaired) electrons. The fourth-order valence-electron chi connectivity index (χ4n) is 2.36. The molecule has 2 rings (SSSR count). The minimum absolute atomic E-state index is 0.0909. The molecule has 3 nitrogen and oxygen atoms in total. The maximum Gasteiger partial charge on any atom is 0.200 e. The summed E-state index contributed by atoms with van der Waals surface area (Å²) in [7, 11) is 3.16. The summed E-state index contributed by atoms with van der Waals surface area (Å²) < 4.78 is 10.8. The van der Waals surface area contributed by atoms with E-state index in [1.54, 1.807) is 20.3 Å². The molecule has 0 saturated heterocycles. The summed E-state index contributed by atoms with van der Waals surface area (Å²) >= 11 is 0. The van der Waals surface area contributed by atoms with Gasteiger partial charge in [-0.15, -0.1) is 0 Å². The highest BCUT2D eigenvalue weighted by molar-refractivity contribution is 6.12. The molecule has 2 aromatic carbocycles. The van der Waals surface area contributed by atoms with Crippen molar-refractivity contribution in [2.45, 2.75) is 20.8 Å². The lowest BCUT2D eigenvalue weighted by Gasteiger charge is -2.14. The minimum atomic E-state index is -0.0909. The molecule has 0 aromatic heterocycles. The quantitative estimate of drug-likeness (QED) is 0.800. The van der Waals surface area contributed by atoms with Crippen LogP contribution in [0.15, 0.2) is 30.3 Å². The van der Waals surface area contributed by atoms with Gasteiger partial charge in [-0.05, 0) is 55.7 Å². The Labute approximate surface area is 125 Å². The van der Waals surface area contributed by atoms with Gasteiger partial charge in [0.25, 0.3) is 0 Å². The SMILES string of the molecule is COc1cc(C)ccc1C(=O)c1ccc(C)c(C)c1OC. The summed E-state index contributed by atoms with van der Waals surface area (Å²) in [6, 6.07) is 9.31. The van der Waals surface area contributed by atoms with Gasteiger partial charge in [-0.2, -0.15) is 0 Å². The van der Waals surface area contributed by atoms with Gasteiger partial charge in [0.1, 0.15) is 11.5 Å². The van der Waals surface area contributed by atoms with Gasteiger partial charge in [0.15, 0.2) is 5.78 Å². The predicted octanol–water partition coefficient (Wildman–Crippen LogP) is 3.86. The average Bonchev–Trinajstić information content (AvgIpc) is 2.49. The molecule has 0 aliphatic carbocycles. The molecule has 0 atom stereocenters. The summed E-state index contributed by atoms with van der Waals surface area (Å²) in [4.78, 5) is 12.8. The maximum absolute atomic E-state index is 12.8. The monoisotopic (exact) mass is 284 g/mol. The largest absolute Gasteiger partial charge is 0.496 e. The summed E-state index contributed by atoms with van der Waals surface area (Å²) in [6.07, 6.45) is 0. The standard InChI is InChI=1S/C18H20O3/c1-11-6-8-14(16(10-11)20-4)17(19)15-9-7-12(2)13(3)18(15)21-5/h6-10H,1-5H3. The van der Waals surface area contributed by atoms with Crippen molar-refractivity contribution in [3.63, 3.8) is 0 Å². The predicted molar refractivity (Wildman–Crippen MR) is 83.6 cm³/mol. The van der Waals surface area contributed by atoms with Crippen molar-refractivity contribution in [2.75, 3.05) is 14.2 Å². The van der Waals surface area contributed by atoms with Gasteiger partial charge in [0.2, 0.25) is 0 Å². The second-order valence-electron chi connectivity index (χ2n) is 5.12. The van der Waals surface area contributed by atoms with E-state index in [1.807, 2.05) is 45.0 Å². The Morgan fingerprint density at radius 2 is 1.57 bits per heavy atom. The number of benzene rings is 2. The zero-order chi connectivity index (χ0) is 15.6. The minimum Gasteiger partial charge on any atom is -0.496 e. The van der Waals surface area contributed by atoms with Crippen LogP contribution in [0.3, 0.4) is 0 Å². The van der Waals surface area contributed by atoms with Crippen LogP contribution in [-0.4, -0.2) is 20.0 Å². The van der Waals surface area contributed by atoms with E-state index >= 15 is 0 Å². The van der Waals surface area contributed by atoms with E-state index in [2.05, 4.69) is 0 Å². The molecule has 0 bridgehead atoms. The van der Waals surface area contributed by atoms with Crippen molar-refractivity contribution in [3.05, 3.63) is 58.1 Å². The summed E-state index contributed by atoms with van der Waals surface area (Å²) in [5, 5.41) is 0. The number of carbonyl (C=O) groups excluding carboxylic acids is 1. The van der Waals surface area contributed by atoms with Crippen molar-refractivity contribution >= 4 is 5.78 Å². The first-order valence-electron chi connectivity index (χ1n) is 6.83. The fraction of sp³-hybridized carbons (Fsp3) is 0.278. The first kappa shape index (κ1) is 15.1. The van der Waals surface area contributed by atoms with Crippen LogP contribution in [0.2, 0.25) is 0 Å². The number of ketones is 1. The summed E-state index contributed by atoms with van der Waals surface area (Å²) in [6.45, 7) is 5.92. The van der Waals surface area contributed by atoms with Gasteiger partial charge >= 0.3 is 0 Å². The highest BCUT2D eigenvalue weighted by Gasteiger charge is 2.20. The Balaban J connectivity index is 2.58. The highest BCUT2D eigenvalue weighted by Crippen LogP contribution is 2.31. The Kier molecular flexibility index (Phi) is 4.32. The lowest BCUT2D eigenvalue weighted by atomic mass is 9.96. The van der Waals surface area contributed by atoms with Crippen LogP contribution in [0.5, 0.6) is 11.5 Å². The molecule has 0 saturated carbocycles. The number of hydrogen-bond donors (Lipinski definition) is 0. The number of rotatable bonds is 4. The molecule has 0 N–H and O–H groups in total. The van der Waals surface area contributed by atoms with E-state index in [0.717, 1.165) is 16.7 Å². The number of carbonyl (C=O) groups is 1. The molecule has 0 spiro atoms. The van der Waals surface area contributed by atoms with Crippen molar-refractivity contribution in [3.8, 4) is 11.5 Å². The third kappa shape index (κ3) is 2.77. The van der Waals surface area contributed by atoms with Gasteiger partial charge in [-0.25, -0.2) is 0 Å². The van der Waals surface area contributed by atoms with Gasteiger partial charge < -0.3 is 9.47 Å². The van der Waals surface area contributed by atoms with E-state index in [1.165, 1.54) is 0 Å². The molecular weight excluding hydrogens is 264 g/mol. The molecule has 0 amide bonds. The second kappa shape index (κ2) is 6.00.